The molecule has 0 aromatic heterocycles. The molecule has 0 radical (unpaired) electrons. The van der Waals surface area contributed by atoms with Crippen LogP contribution in [0, 0.1) is 52.3 Å². The van der Waals surface area contributed by atoms with E-state index in [9.17, 15) is 14.7 Å². The molecule has 292 valence electrons. The summed E-state index contributed by atoms with van der Waals surface area (Å²) in [6.07, 6.45) is 36.3. The Labute approximate surface area is 314 Å². The summed E-state index contributed by atoms with van der Waals surface area (Å²) < 4.78 is 6.15. The molecule has 0 aliphatic heterocycles. The molecule has 4 rings (SSSR count). The zero-order valence-corrected chi connectivity index (χ0v) is 34.2. The van der Waals surface area contributed by atoms with Crippen LogP contribution >= 0.6 is 0 Å². The lowest BCUT2D eigenvalue weighted by molar-refractivity contribution is -0.159. The molecule has 4 heteroatoms. The molecule has 4 nitrogen and oxygen atoms in total. The molecule has 9 unspecified atom stereocenters. The lowest BCUT2D eigenvalue weighted by atomic mass is 9.47. The van der Waals surface area contributed by atoms with Gasteiger partial charge in [-0.25, -0.2) is 0 Å². The summed E-state index contributed by atoms with van der Waals surface area (Å²) in [7, 11) is 0. The Balaban J connectivity index is 1.22. The maximum atomic E-state index is 13.4. The zero-order valence-electron chi connectivity index (χ0n) is 34.2. The number of carbonyl (C=O) groups is 2. The summed E-state index contributed by atoms with van der Waals surface area (Å²) in [6.45, 7) is 14.8. The Hall–Kier alpha value is -1.58. The van der Waals surface area contributed by atoms with Gasteiger partial charge < -0.3 is 9.84 Å². The lowest BCUT2D eigenvalue weighted by Crippen LogP contribution is -2.51. The number of rotatable bonds is 23. The van der Waals surface area contributed by atoms with Crippen molar-refractivity contribution in [2.45, 2.75) is 208 Å². The summed E-state index contributed by atoms with van der Waals surface area (Å²) in [5, 5.41) is 9.60. The van der Waals surface area contributed by atoms with E-state index in [2.05, 4.69) is 53.7 Å². The number of hydrogen-bond acceptors (Lipinski definition) is 3. The largest absolute Gasteiger partial charge is 0.481 e. The number of hydrogen-bond donors (Lipinski definition) is 1. The van der Waals surface area contributed by atoms with Crippen molar-refractivity contribution in [3.8, 4) is 0 Å². The van der Waals surface area contributed by atoms with Crippen molar-refractivity contribution in [1.29, 1.82) is 0 Å². The minimum Gasteiger partial charge on any atom is -0.481 e. The van der Waals surface area contributed by atoms with Crippen LogP contribution in [0.2, 0.25) is 0 Å². The Morgan fingerprint density at radius 3 is 2.20 bits per heavy atom. The third-order valence-electron chi connectivity index (χ3n) is 14.9. The molecule has 0 amide bonds. The van der Waals surface area contributed by atoms with Crippen LogP contribution in [0.5, 0.6) is 0 Å². The van der Waals surface area contributed by atoms with Crippen LogP contribution in [0.1, 0.15) is 202 Å². The molecule has 0 aromatic carbocycles. The van der Waals surface area contributed by atoms with Crippen molar-refractivity contribution in [2.75, 3.05) is 0 Å². The third-order valence-corrected chi connectivity index (χ3v) is 14.9. The van der Waals surface area contributed by atoms with E-state index in [-0.39, 0.29) is 23.9 Å². The van der Waals surface area contributed by atoms with E-state index in [1.807, 2.05) is 6.08 Å². The Morgan fingerprint density at radius 2 is 1.53 bits per heavy atom. The van der Waals surface area contributed by atoms with Gasteiger partial charge in [0.1, 0.15) is 6.10 Å². The summed E-state index contributed by atoms with van der Waals surface area (Å²) in [6, 6.07) is 0. The van der Waals surface area contributed by atoms with Crippen molar-refractivity contribution < 1.29 is 19.4 Å². The molecule has 3 saturated carbocycles. The van der Waals surface area contributed by atoms with Gasteiger partial charge in [0, 0.05) is 6.42 Å². The van der Waals surface area contributed by atoms with Crippen molar-refractivity contribution in [3.63, 3.8) is 0 Å². The second-order valence-corrected chi connectivity index (χ2v) is 18.9. The standard InChI is InChI=1S/C47H80O4/c1-7-8-9-10-11-12-13-14-15-16-17-18-19-20-24-37(33-44(48)49)45(50)51-39-29-31-46(5)38(34-39)25-26-40-42-28-27-41(36(4)23-21-22-35(2)3)47(42,6)32-30-43(40)46/h19-20,25,35-37,39-43H,7-18,21-24,26-34H2,1-6H3,(H,48,49)/b20-19+. The molecule has 4 aliphatic carbocycles. The fourth-order valence-electron chi connectivity index (χ4n) is 11.8. The highest BCUT2D eigenvalue weighted by Crippen LogP contribution is 2.67. The molecule has 0 spiro atoms. The van der Waals surface area contributed by atoms with E-state index in [1.165, 1.54) is 121 Å². The van der Waals surface area contributed by atoms with E-state index in [4.69, 9.17) is 4.74 Å². The molecule has 4 aliphatic rings. The van der Waals surface area contributed by atoms with Gasteiger partial charge in [0.05, 0.1) is 12.3 Å². The molecule has 0 aromatic rings. The van der Waals surface area contributed by atoms with Gasteiger partial charge in [-0.2, -0.15) is 0 Å². The topological polar surface area (TPSA) is 63.6 Å². The Bertz CT molecular complexity index is 1120. The number of ether oxygens (including phenoxy) is 1. The number of carboxylic acid groups (broad SMARTS) is 1. The number of carboxylic acids is 1. The third kappa shape index (κ3) is 11.7. The number of fused-ring (bicyclic) bond motifs is 5. The van der Waals surface area contributed by atoms with Crippen molar-refractivity contribution in [3.05, 3.63) is 23.8 Å². The maximum absolute atomic E-state index is 13.4. The number of carbonyl (C=O) groups excluding carboxylic acids is 1. The van der Waals surface area contributed by atoms with Crippen LogP contribution in [-0.2, 0) is 14.3 Å². The van der Waals surface area contributed by atoms with E-state index in [0.29, 0.717) is 11.8 Å². The minimum atomic E-state index is -0.920. The van der Waals surface area contributed by atoms with E-state index in [0.717, 1.165) is 67.6 Å². The minimum absolute atomic E-state index is 0.124. The number of allylic oxidation sites excluding steroid dienone is 3. The molecule has 0 saturated heterocycles. The summed E-state index contributed by atoms with van der Waals surface area (Å²) in [4.78, 5) is 25.1. The Morgan fingerprint density at radius 1 is 0.843 bits per heavy atom. The molecule has 1 N–H and O–H groups in total. The van der Waals surface area contributed by atoms with Gasteiger partial charge in [-0.15, -0.1) is 0 Å². The van der Waals surface area contributed by atoms with Gasteiger partial charge in [0.2, 0.25) is 0 Å². The zero-order chi connectivity index (χ0) is 36.9. The molecular weight excluding hydrogens is 629 g/mol. The van der Waals surface area contributed by atoms with Crippen molar-refractivity contribution in [1.82, 2.24) is 0 Å². The number of aliphatic carboxylic acids is 1. The number of esters is 1. The van der Waals surface area contributed by atoms with Crippen molar-refractivity contribution >= 4 is 11.9 Å². The first-order valence-electron chi connectivity index (χ1n) is 22.3. The first kappa shape index (κ1) is 42.2. The van der Waals surface area contributed by atoms with Crippen molar-refractivity contribution in [2.24, 2.45) is 52.3 Å². The normalized spacial score (nSPS) is 31.5. The molecule has 0 bridgehead atoms. The molecule has 3 fully saturated rings. The number of unbranched alkanes of at least 4 members (excludes halogenated alkanes) is 11. The van der Waals surface area contributed by atoms with Crippen LogP contribution in [0.25, 0.3) is 0 Å². The van der Waals surface area contributed by atoms with Gasteiger partial charge >= 0.3 is 11.9 Å². The fourth-order valence-corrected chi connectivity index (χ4v) is 11.8. The SMILES string of the molecule is CCCCCCCCCCCCC/C=C/CC(CC(=O)O)C(=O)OC1CCC2(C)C(=CCC3C2CCC2(C)C(C(C)CCCC(C)C)CCC32)C1. The first-order valence-corrected chi connectivity index (χ1v) is 22.3. The molecular formula is C47H80O4. The van der Waals surface area contributed by atoms with Crippen LogP contribution in [-0.4, -0.2) is 23.1 Å². The van der Waals surface area contributed by atoms with Crippen LogP contribution in [0.4, 0.5) is 0 Å². The highest BCUT2D eigenvalue weighted by atomic mass is 16.5. The highest BCUT2D eigenvalue weighted by molar-refractivity contribution is 5.79. The lowest BCUT2D eigenvalue weighted by Gasteiger charge is -2.58. The van der Waals surface area contributed by atoms with E-state index in [1.54, 1.807) is 0 Å². The van der Waals surface area contributed by atoms with E-state index < -0.39 is 11.9 Å². The summed E-state index contributed by atoms with van der Waals surface area (Å²) >= 11 is 0. The van der Waals surface area contributed by atoms with Gasteiger partial charge in [-0.3, -0.25) is 9.59 Å². The predicted molar refractivity (Wildman–Crippen MR) is 214 cm³/mol. The quantitative estimate of drug-likeness (QED) is 0.0652. The Kier molecular flexibility index (Phi) is 17.2. The average Bonchev–Trinajstić information content (AvgIpc) is 3.45. The average molecular weight is 709 g/mol. The highest BCUT2D eigenvalue weighted by Gasteiger charge is 2.59. The summed E-state index contributed by atoms with van der Waals surface area (Å²) in [5.41, 5.74) is 2.23. The van der Waals surface area contributed by atoms with Crippen LogP contribution in [0.3, 0.4) is 0 Å². The second-order valence-electron chi connectivity index (χ2n) is 18.9. The summed E-state index contributed by atoms with van der Waals surface area (Å²) in [5.74, 6) is 3.07. The predicted octanol–water partition coefficient (Wildman–Crippen LogP) is 13.7. The van der Waals surface area contributed by atoms with Gasteiger partial charge in [0.15, 0.2) is 0 Å². The van der Waals surface area contributed by atoms with Crippen LogP contribution in [0.15, 0.2) is 23.8 Å². The van der Waals surface area contributed by atoms with Crippen LogP contribution < -0.4 is 0 Å². The van der Waals surface area contributed by atoms with Gasteiger partial charge in [-0.05, 0) is 111 Å². The monoisotopic (exact) mass is 709 g/mol. The van der Waals surface area contributed by atoms with Gasteiger partial charge in [0.25, 0.3) is 0 Å². The van der Waals surface area contributed by atoms with E-state index >= 15 is 0 Å². The smallest absolute Gasteiger partial charge is 0.310 e. The fraction of sp³-hybridized carbons (Fsp3) is 0.872. The van der Waals surface area contributed by atoms with Gasteiger partial charge in [-0.1, -0.05) is 149 Å². The molecule has 0 heterocycles. The maximum Gasteiger partial charge on any atom is 0.310 e. The second kappa shape index (κ2) is 20.8. The first-order chi connectivity index (χ1) is 24.5. The molecule has 9 atom stereocenters. The molecule has 51 heavy (non-hydrogen) atoms.